The third kappa shape index (κ3) is 2.17. The van der Waals surface area contributed by atoms with Crippen molar-refractivity contribution < 1.29 is 14.6 Å². The lowest BCUT2D eigenvalue weighted by Gasteiger charge is -2.47. The van der Waals surface area contributed by atoms with Gasteiger partial charge in [0.05, 0.1) is 12.6 Å². The molecule has 1 saturated carbocycles. The summed E-state index contributed by atoms with van der Waals surface area (Å²) in [6.45, 7) is 2.57. The maximum Gasteiger partial charge on any atom is 0.129 e. The molecule has 1 aliphatic carbocycles. The lowest BCUT2D eigenvalue weighted by Crippen LogP contribution is -2.58. The Bertz CT molecular complexity index is 483. The molecule has 1 heterocycles. The zero-order valence-electron chi connectivity index (χ0n) is 12.0. The molecule has 4 nitrogen and oxygen atoms in total. The minimum absolute atomic E-state index is 0.353. The van der Waals surface area contributed by atoms with Crippen LogP contribution in [0, 0.1) is 0 Å². The molecule has 1 aliphatic heterocycles. The predicted octanol–water partition coefficient (Wildman–Crippen LogP) is 2.54. The third-order valence-electron chi connectivity index (χ3n) is 4.58. The summed E-state index contributed by atoms with van der Waals surface area (Å²) in [5, 5.41) is 10.5. The second-order valence-electron chi connectivity index (χ2n) is 5.83. The van der Waals surface area contributed by atoms with Crippen LogP contribution in [0.15, 0.2) is 18.2 Å². The Kier molecular flexibility index (Phi) is 3.61. The molecular formula is C16H23NO3. The molecule has 2 unspecified atom stereocenters. The van der Waals surface area contributed by atoms with Crippen molar-refractivity contribution in [2.45, 2.75) is 56.8 Å². The van der Waals surface area contributed by atoms with Crippen molar-refractivity contribution >= 4 is 0 Å². The number of aliphatic hydroxyl groups is 1. The van der Waals surface area contributed by atoms with Crippen molar-refractivity contribution in [2.75, 3.05) is 6.61 Å². The summed E-state index contributed by atoms with van der Waals surface area (Å²) in [7, 11) is 0. The first-order valence-corrected chi connectivity index (χ1v) is 7.56. The van der Waals surface area contributed by atoms with E-state index in [9.17, 15) is 5.11 Å². The summed E-state index contributed by atoms with van der Waals surface area (Å²) < 4.78 is 11.8. The first kappa shape index (κ1) is 13.7. The normalized spacial score (nSPS) is 27.8. The van der Waals surface area contributed by atoms with Gasteiger partial charge < -0.3 is 20.3 Å². The summed E-state index contributed by atoms with van der Waals surface area (Å²) in [6.07, 6.45) is 4.63. The van der Waals surface area contributed by atoms with E-state index >= 15 is 0 Å². The van der Waals surface area contributed by atoms with Crippen LogP contribution in [0.25, 0.3) is 0 Å². The highest BCUT2D eigenvalue weighted by molar-refractivity contribution is 5.45. The van der Waals surface area contributed by atoms with Crippen LogP contribution >= 0.6 is 0 Å². The van der Waals surface area contributed by atoms with E-state index in [-0.39, 0.29) is 6.04 Å². The Morgan fingerprint density at radius 3 is 2.80 bits per heavy atom. The molecule has 3 rings (SSSR count). The van der Waals surface area contributed by atoms with Crippen LogP contribution in [0.1, 0.15) is 50.7 Å². The van der Waals surface area contributed by atoms with Crippen LogP contribution in [0.5, 0.6) is 11.5 Å². The third-order valence-corrected chi connectivity index (χ3v) is 4.58. The van der Waals surface area contributed by atoms with Gasteiger partial charge in [0.1, 0.15) is 23.2 Å². The smallest absolute Gasteiger partial charge is 0.129 e. The molecule has 1 aromatic rings. The van der Waals surface area contributed by atoms with Gasteiger partial charge in [-0.2, -0.15) is 0 Å². The Morgan fingerprint density at radius 2 is 2.10 bits per heavy atom. The molecule has 2 atom stereocenters. The molecule has 3 N–H and O–H groups in total. The molecule has 1 spiro atoms. The number of nitrogens with two attached hydrogens (primary N) is 1. The molecule has 1 aromatic carbocycles. The predicted molar refractivity (Wildman–Crippen MR) is 77.0 cm³/mol. The molecule has 110 valence electrons. The summed E-state index contributed by atoms with van der Waals surface area (Å²) in [5.41, 5.74) is 6.66. The van der Waals surface area contributed by atoms with Gasteiger partial charge in [-0.3, -0.25) is 0 Å². The van der Waals surface area contributed by atoms with Crippen molar-refractivity contribution in [3.63, 3.8) is 0 Å². The van der Waals surface area contributed by atoms with Gasteiger partial charge in [0, 0.05) is 11.6 Å². The highest BCUT2D eigenvalue weighted by Gasteiger charge is 2.48. The zero-order chi connectivity index (χ0) is 14.2. The molecule has 0 bridgehead atoms. The van der Waals surface area contributed by atoms with E-state index in [1.54, 1.807) is 0 Å². The molecule has 0 saturated heterocycles. The van der Waals surface area contributed by atoms with E-state index in [1.807, 2.05) is 25.1 Å². The van der Waals surface area contributed by atoms with E-state index in [0.717, 1.165) is 42.7 Å². The average Bonchev–Trinajstić information content (AvgIpc) is 2.46. The second-order valence-corrected chi connectivity index (χ2v) is 5.83. The van der Waals surface area contributed by atoms with Gasteiger partial charge in [-0.05, 0) is 44.7 Å². The lowest BCUT2D eigenvalue weighted by atomic mass is 9.74. The van der Waals surface area contributed by atoms with Crippen molar-refractivity contribution in [3.05, 3.63) is 23.8 Å². The number of aliphatic hydroxyl groups excluding tert-OH is 1. The molecule has 1 fully saturated rings. The van der Waals surface area contributed by atoms with Crippen LogP contribution in [0.2, 0.25) is 0 Å². The van der Waals surface area contributed by atoms with Crippen LogP contribution < -0.4 is 15.2 Å². The van der Waals surface area contributed by atoms with E-state index < -0.39 is 11.7 Å². The first-order chi connectivity index (χ1) is 9.66. The zero-order valence-corrected chi connectivity index (χ0v) is 12.0. The lowest BCUT2D eigenvalue weighted by molar-refractivity contribution is -0.0583. The standard InChI is InChI=1S/C16H23NO3/c1-2-19-11-6-7-12-13(10-11)20-16(15(17)14(12)18)8-4-3-5-9-16/h6-7,10,14-15,18H,2-5,8-9,17H2,1H3. The Hall–Kier alpha value is -1.26. The topological polar surface area (TPSA) is 64.7 Å². The molecule has 0 amide bonds. The molecule has 20 heavy (non-hydrogen) atoms. The number of ether oxygens (including phenoxy) is 2. The molecule has 4 heteroatoms. The van der Waals surface area contributed by atoms with Crippen molar-refractivity contribution in [1.82, 2.24) is 0 Å². The largest absolute Gasteiger partial charge is 0.494 e. The minimum Gasteiger partial charge on any atom is -0.494 e. The fourth-order valence-electron chi connectivity index (χ4n) is 3.46. The van der Waals surface area contributed by atoms with Crippen LogP contribution in [-0.2, 0) is 0 Å². The Morgan fingerprint density at radius 1 is 1.35 bits per heavy atom. The number of hydrogen-bond donors (Lipinski definition) is 2. The summed E-state index contributed by atoms with van der Waals surface area (Å²) in [6, 6.07) is 5.25. The van der Waals surface area contributed by atoms with Crippen LogP contribution in [-0.4, -0.2) is 23.4 Å². The number of hydrogen-bond acceptors (Lipinski definition) is 4. The van der Waals surface area contributed by atoms with Gasteiger partial charge in [-0.1, -0.05) is 6.42 Å². The first-order valence-electron chi connectivity index (χ1n) is 7.56. The van der Waals surface area contributed by atoms with Gasteiger partial charge >= 0.3 is 0 Å². The highest BCUT2D eigenvalue weighted by Crippen LogP contribution is 2.46. The molecule has 0 radical (unpaired) electrons. The maximum absolute atomic E-state index is 10.5. The minimum atomic E-state index is -0.660. The summed E-state index contributed by atoms with van der Waals surface area (Å²) in [5.74, 6) is 1.51. The summed E-state index contributed by atoms with van der Waals surface area (Å²) >= 11 is 0. The molecule has 0 aromatic heterocycles. The maximum atomic E-state index is 10.5. The van der Waals surface area contributed by atoms with Crippen molar-refractivity contribution in [3.8, 4) is 11.5 Å². The number of benzene rings is 1. The van der Waals surface area contributed by atoms with Gasteiger partial charge in [0.25, 0.3) is 0 Å². The fourth-order valence-corrected chi connectivity index (χ4v) is 3.46. The van der Waals surface area contributed by atoms with Crippen molar-refractivity contribution in [2.24, 2.45) is 5.73 Å². The van der Waals surface area contributed by atoms with E-state index in [1.165, 1.54) is 6.42 Å². The Balaban J connectivity index is 1.96. The van der Waals surface area contributed by atoms with Crippen molar-refractivity contribution in [1.29, 1.82) is 0 Å². The van der Waals surface area contributed by atoms with Gasteiger partial charge in [-0.15, -0.1) is 0 Å². The van der Waals surface area contributed by atoms with E-state index in [4.69, 9.17) is 15.2 Å². The van der Waals surface area contributed by atoms with Gasteiger partial charge in [0.2, 0.25) is 0 Å². The highest BCUT2D eigenvalue weighted by atomic mass is 16.5. The van der Waals surface area contributed by atoms with Crippen LogP contribution in [0.4, 0.5) is 0 Å². The average molecular weight is 277 g/mol. The number of fused-ring (bicyclic) bond motifs is 1. The Labute approximate surface area is 119 Å². The summed E-state index contributed by atoms with van der Waals surface area (Å²) in [4.78, 5) is 0. The van der Waals surface area contributed by atoms with Gasteiger partial charge in [-0.25, -0.2) is 0 Å². The quantitative estimate of drug-likeness (QED) is 0.872. The van der Waals surface area contributed by atoms with E-state index in [2.05, 4.69) is 0 Å². The number of rotatable bonds is 2. The van der Waals surface area contributed by atoms with Crippen LogP contribution in [0.3, 0.4) is 0 Å². The monoisotopic (exact) mass is 277 g/mol. The second kappa shape index (κ2) is 5.26. The van der Waals surface area contributed by atoms with E-state index in [0.29, 0.717) is 6.61 Å². The fraction of sp³-hybridized carbons (Fsp3) is 0.625. The molecular weight excluding hydrogens is 254 g/mol. The molecule has 2 aliphatic rings. The SMILES string of the molecule is CCOc1ccc2c(c1)OC1(CCCCC1)C(N)C2O. The van der Waals surface area contributed by atoms with Gasteiger partial charge in [0.15, 0.2) is 0 Å².